The fourth-order valence-corrected chi connectivity index (χ4v) is 1.73. The molecule has 0 fully saturated rings. The lowest BCUT2D eigenvalue weighted by atomic mass is 10.2. The number of rotatable bonds is 5. The van der Waals surface area contributed by atoms with Gasteiger partial charge in [-0.05, 0) is 32.9 Å². The van der Waals surface area contributed by atoms with Crippen molar-refractivity contribution in [3.63, 3.8) is 0 Å². The van der Waals surface area contributed by atoms with Crippen LogP contribution in [0.5, 0.6) is 5.75 Å². The number of quaternary nitrogens is 1. The van der Waals surface area contributed by atoms with E-state index in [-0.39, 0.29) is 24.0 Å². The molecule has 0 bridgehead atoms. The molecule has 0 aliphatic rings. The highest BCUT2D eigenvalue weighted by Crippen LogP contribution is 2.25. The second-order valence-electron chi connectivity index (χ2n) is 4.37. The Bertz CT molecular complexity index is 418. The minimum absolute atomic E-state index is 0. The summed E-state index contributed by atoms with van der Waals surface area (Å²) in [6.45, 7) is 8.53. The molecule has 5 heteroatoms. The van der Waals surface area contributed by atoms with Crippen molar-refractivity contribution in [3.05, 3.63) is 24.3 Å². The number of halogens is 1. The highest BCUT2D eigenvalue weighted by molar-refractivity contribution is 14.0. The van der Waals surface area contributed by atoms with E-state index in [1.165, 1.54) is 0 Å². The summed E-state index contributed by atoms with van der Waals surface area (Å²) in [7, 11) is 2.16. The molecule has 0 N–H and O–H groups in total. The van der Waals surface area contributed by atoms with Gasteiger partial charge in [-0.15, -0.1) is 24.0 Å². The Hall–Kier alpha value is -0.820. The molecule has 108 valence electrons. The molecule has 0 aliphatic carbocycles. The lowest BCUT2D eigenvalue weighted by Gasteiger charge is -2.32. The Morgan fingerprint density at radius 3 is 2.42 bits per heavy atom. The van der Waals surface area contributed by atoms with Crippen LogP contribution in [0, 0.1) is 0 Å². The number of hydrogen-bond acceptors (Lipinski definition) is 3. The van der Waals surface area contributed by atoms with E-state index in [1.807, 2.05) is 12.1 Å². The number of aliphatic imine (C=N–C) groups is 1. The van der Waals surface area contributed by atoms with Crippen molar-refractivity contribution in [2.45, 2.75) is 20.8 Å². The second kappa shape index (κ2) is 8.37. The van der Waals surface area contributed by atoms with E-state index in [2.05, 4.69) is 32.0 Å². The van der Waals surface area contributed by atoms with Gasteiger partial charge in [0.05, 0.1) is 20.1 Å². The largest absolute Gasteiger partial charge is 0.566 e. The molecule has 0 atom stereocenters. The summed E-state index contributed by atoms with van der Waals surface area (Å²) in [5.74, 6) is 0.556. The zero-order valence-electron chi connectivity index (χ0n) is 12.0. The van der Waals surface area contributed by atoms with Gasteiger partial charge in [-0.2, -0.15) is 0 Å². The smallest absolute Gasteiger partial charge is 0.150 e. The first-order valence-corrected chi connectivity index (χ1v) is 6.40. The fourth-order valence-electron chi connectivity index (χ4n) is 1.73. The van der Waals surface area contributed by atoms with Crippen LogP contribution in [0.4, 0.5) is 5.69 Å². The second-order valence-corrected chi connectivity index (χ2v) is 4.37. The molecule has 0 unspecified atom stereocenters. The van der Waals surface area contributed by atoms with E-state index in [0.717, 1.165) is 23.3 Å². The van der Waals surface area contributed by atoms with Crippen LogP contribution < -0.4 is 14.3 Å². The average Bonchev–Trinajstić information content (AvgIpc) is 2.38. The maximum absolute atomic E-state index is 11.3. The third-order valence-corrected chi connectivity index (χ3v) is 3.33. The Labute approximate surface area is 132 Å². The van der Waals surface area contributed by atoms with Crippen LogP contribution >= 0.6 is 24.0 Å². The Balaban J connectivity index is 0.00000324. The predicted octanol–water partition coefficient (Wildman–Crippen LogP) is 2.40. The summed E-state index contributed by atoms with van der Waals surface area (Å²) in [6.07, 6.45) is -0.531. The number of ether oxygens (including phenoxy) is 1. The van der Waals surface area contributed by atoms with Crippen molar-refractivity contribution < 1.29 is 9.84 Å². The Kier molecular flexibility index (Phi) is 8.01. The maximum atomic E-state index is 11.3. The minimum Gasteiger partial charge on any atom is -0.566 e. The van der Waals surface area contributed by atoms with Crippen molar-refractivity contribution in [2.75, 3.05) is 26.7 Å². The van der Waals surface area contributed by atoms with E-state index in [0.29, 0.717) is 12.3 Å². The molecule has 0 heterocycles. The Morgan fingerprint density at radius 1 is 1.26 bits per heavy atom. The highest BCUT2D eigenvalue weighted by atomic mass is 127. The molecule has 0 aliphatic heterocycles. The molecule has 0 saturated heterocycles. The molecule has 1 rings (SSSR count). The molecule has 1 aromatic rings. The first kappa shape index (κ1) is 18.2. The van der Waals surface area contributed by atoms with Gasteiger partial charge in [0.15, 0.2) is 0 Å². The number of hydrogen-bond donors (Lipinski definition) is 0. The van der Waals surface area contributed by atoms with Gasteiger partial charge in [0.1, 0.15) is 11.8 Å². The van der Waals surface area contributed by atoms with Gasteiger partial charge in [-0.25, -0.2) is 0 Å². The van der Waals surface area contributed by atoms with Gasteiger partial charge in [0.2, 0.25) is 0 Å². The third kappa shape index (κ3) is 4.99. The third-order valence-electron chi connectivity index (χ3n) is 3.33. The summed E-state index contributed by atoms with van der Waals surface area (Å²) in [5, 5.41) is 11.3. The SMILES string of the molecule is CCN=C([O-])Oc1cccc([N+](C)(CC)CC)c1.I. The number of nitrogens with zero attached hydrogens (tertiary/aromatic N) is 2. The van der Waals surface area contributed by atoms with Crippen LogP contribution in [-0.4, -0.2) is 32.8 Å². The maximum Gasteiger partial charge on any atom is 0.150 e. The van der Waals surface area contributed by atoms with Gasteiger partial charge in [-0.3, -0.25) is 9.48 Å². The summed E-state index contributed by atoms with van der Waals surface area (Å²) >= 11 is 0. The average molecular weight is 378 g/mol. The first-order chi connectivity index (χ1) is 8.55. The monoisotopic (exact) mass is 378 g/mol. The van der Waals surface area contributed by atoms with Gasteiger partial charge >= 0.3 is 0 Å². The van der Waals surface area contributed by atoms with E-state index in [9.17, 15) is 5.11 Å². The lowest BCUT2D eigenvalue weighted by Crippen LogP contribution is -2.44. The molecule has 4 nitrogen and oxygen atoms in total. The molecule has 1 aromatic carbocycles. The van der Waals surface area contributed by atoms with Crippen LogP contribution in [0.25, 0.3) is 0 Å². The molecule has 19 heavy (non-hydrogen) atoms. The lowest BCUT2D eigenvalue weighted by molar-refractivity contribution is -0.240. The molecular weight excluding hydrogens is 355 g/mol. The van der Waals surface area contributed by atoms with Gasteiger partial charge < -0.3 is 9.84 Å². The predicted molar refractivity (Wildman–Crippen MR) is 89.3 cm³/mol. The molecule has 0 aromatic heterocycles. The van der Waals surface area contributed by atoms with Crippen LogP contribution in [-0.2, 0) is 0 Å². The van der Waals surface area contributed by atoms with Crippen LogP contribution in [0.1, 0.15) is 20.8 Å². The quantitative estimate of drug-likeness (QED) is 0.342. The normalized spacial score (nSPS) is 11.9. The minimum atomic E-state index is -0.531. The zero-order valence-corrected chi connectivity index (χ0v) is 14.4. The number of benzene rings is 1. The fraction of sp³-hybridized carbons (Fsp3) is 0.500. The van der Waals surface area contributed by atoms with Crippen molar-refractivity contribution >= 4 is 35.7 Å². The van der Waals surface area contributed by atoms with Gasteiger partial charge in [-0.1, -0.05) is 6.07 Å². The molecule has 0 spiro atoms. The van der Waals surface area contributed by atoms with Crippen LogP contribution in [0.15, 0.2) is 29.3 Å². The first-order valence-electron chi connectivity index (χ1n) is 6.40. The van der Waals surface area contributed by atoms with Gasteiger partial charge in [0, 0.05) is 18.4 Å². The zero-order chi connectivity index (χ0) is 13.6. The van der Waals surface area contributed by atoms with Crippen LogP contribution in [0.2, 0.25) is 0 Å². The van der Waals surface area contributed by atoms with E-state index < -0.39 is 6.08 Å². The Morgan fingerprint density at radius 2 is 1.89 bits per heavy atom. The van der Waals surface area contributed by atoms with Crippen molar-refractivity contribution in [3.8, 4) is 5.75 Å². The highest BCUT2D eigenvalue weighted by Gasteiger charge is 2.19. The topological polar surface area (TPSA) is 44.7 Å². The van der Waals surface area contributed by atoms with E-state index in [1.54, 1.807) is 13.0 Å². The summed E-state index contributed by atoms with van der Waals surface area (Å²) in [5.41, 5.74) is 1.14. The standard InChI is InChI=1S/C14H22N2O2.HI/c1-5-15-14(17)18-13-10-8-9-12(11-13)16(4,6-2)7-3;/h8-11H,5-7H2,1-4H3;1H. The molecule has 0 saturated carbocycles. The van der Waals surface area contributed by atoms with Crippen LogP contribution in [0.3, 0.4) is 0 Å². The summed E-state index contributed by atoms with van der Waals surface area (Å²) in [4.78, 5) is 3.69. The van der Waals surface area contributed by atoms with Gasteiger partial charge in [0.25, 0.3) is 0 Å². The molecule has 0 radical (unpaired) electrons. The molecular formula is C14H23IN2O2. The van der Waals surface area contributed by atoms with Crippen molar-refractivity contribution in [2.24, 2.45) is 4.99 Å². The molecule has 0 amide bonds. The summed E-state index contributed by atoms with van der Waals surface area (Å²) < 4.78 is 5.98. The van der Waals surface area contributed by atoms with Crippen molar-refractivity contribution in [1.82, 2.24) is 4.48 Å². The van der Waals surface area contributed by atoms with E-state index >= 15 is 0 Å². The van der Waals surface area contributed by atoms with E-state index in [4.69, 9.17) is 4.74 Å². The summed E-state index contributed by atoms with van der Waals surface area (Å²) in [6, 6.07) is 7.66. The van der Waals surface area contributed by atoms with Crippen molar-refractivity contribution in [1.29, 1.82) is 0 Å².